The van der Waals surface area contributed by atoms with E-state index >= 15 is 0 Å². The van der Waals surface area contributed by atoms with Crippen molar-refractivity contribution in [3.8, 4) is 0 Å². The topological polar surface area (TPSA) is 131 Å². The van der Waals surface area contributed by atoms with Crippen molar-refractivity contribution >= 4 is 19.7 Å². The van der Waals surface area contributed by atoms with Gasteiger partial charge in [0.15, 0.2) is 0 Å². The van der Waals surface area contributed by atoms with Crippen molar-refractivity contribution in [2.24, 2.45) is 0 Å². The number of hydrogen-bond acceptors (Lipinski definition) is 7. The van der Waals surface area contributed by atoms with E-state index in [1.807, 2.05) is 0 Å². The van der Waals surface area contributed by atoms with Gasteiger partial charge in [-0.05, 0) is 44.9 Å². The summed E-state index contributed by atoms with van der Waals surface area (Å²) in [6.45, 7) is 3.37. The Morgan fingerprint density at radius 3 is 1.91 bits per heavy atom. The zero-order chi connectivity index (χ0) is 33.3. The number of phosphoric ester groups is 1. The molecule has 0 aromatic carbocycles. The van der Waals surface area contributed by atoms with Crippen LogP contribution in [-0.4, -0.2) is 54.3 Å². The fraction of sp³-hybridized carbons (Fsp3) is 0.771. The number of carbonyl (C=O) groups is 2. The number of hydrogen-bond donors (Lipinski definition) is 3. The van der Waals surface area contributed by atoms with Crippen LogP contribution < -0.4 is 5.32 Å². The molecule has 0 fully saturated rings. The highest BCUT2D eigenvalue weighted by atomic mass is 31.2. The lowest BCUT2D eigenvalue weighted by Gasteiger charge is -2.15. The third-order valence-corrected chi connectivity index (χ3v) is 8.07. The highest BCUT2D eigenvalue weighted by Crippen LogP contribution is 2.42. The smallest absolute Gasteiger partial charge is 0.463 e. The Morgan fingerprint density at radius 2 is 1.27 bits per heavy atom. The SMILES string of the molecule is CC/C=C\C/C=C\C/C=C\CCCCCCCC(=O)OCC(O)COP(=O)(O)OCCNC(=O)CCCCCCCCCCC. The second-order valence-electron chi connectivity index (χ2n) is 11.5. The van der Waals surface area contributed by atoms with Crippen LogP contribution in [0.3, 0.4) is 0 Å². The van der Waals surface area contributed by atoms with E-state index in [2.05, 4.69) is 55.6 Å². The summed E-state index contributed by atoms with van der Waals surface area (Å²) < 4.78 is 26.7. The Morgan fingerprint density at radius 1 is 0.711 bits per heavy atom. The van der Waals surface area contributed by atoms with Crippen molar-refractivity contribution in [2.75, 3.05) is 26.4 Å². The van der Waals surface area contributed by atoms with Gasteiger partial charge in [-0.15, -0.1) is 0 Å². The molecule has 0 aliphatic rings. The van der Waals surface area contributed by atoms with E-state index in [1.54, 1.807) is 0 Å². The molecule has 2 unspecified atom stereocenters. The van der Waals surface area contributed by atoms with Crippen molar-refractivity contribution in [3.05, 3.63) is 36.5 Å². The molecule has 0 rings (SSSR count). The average Bonchev–Trinajstić information content (AvgIpc) is 3.02. The number of unbranched alkanes of at least 4 members (excludes halogenated alkanes) is 13. The van der Waals surface area contributed by atoms with E-state index in [0.717, 1.165) is 70.6 Å². The number of amides is 1. The molecule has 10 heteroatoms. The standard InChI is InChI=1S/C35H64NO8P/c1-3-5-7-9-11-13-14-15-16-17-18-20-22-24-26-28-35(39)42-31-33(37)32-44-45(40,41)43-30-29-36-34(38)27-25-23-21-19-12-10-8-6-4-2/h5,7,11,13,15-16,33,37H,3-4,6,8-10,12,14,17-32H2,1-2H3,(H,36,38)(H,40,41)/b7-5-,13-11-,16-15-. The molecule has 3 N–H and O–H groups in total. The molecule has 0 radical (unpaired) electrons. The molecule has 0 aliphatic carbocycles. The van der Waals surface area contributed by atoms with Gasteiger partial charge in [0.25, 0.3) is 0 Å². The fourth-order valence-corrected chi connectivity index (χ4v) is 5.21. The average molecular weight is 658 g/mol. The first-order valence-corrected chi connectivity index (χ1v) is 19.0. The Balaban J connectivity index is 3.68. The zero-order valence-electron chi connectivity index (χ0n) is 28.3. The monoisotopic (exact) mass is 657 g/mol. The first-order chi connectivity index (χ1) is 21.8. The molecule has 0 aliphatic heterocycles. The van der Waals surface area contributed by atoms with E-state index in [0.29, 0.717) is 12.8 Å². The molecular weight excluding hydrogens is 593 g/mol. The fourth-order valence-electron chi connectivity index (χ4n) is 4.45. The first-order valence-electron chi connectivity index (χ1n) is 17.5. The molecule has 0 aromatic rings. The lowest BCUT2D eigenvalue weighted by molar-refractivity contribution is -0.147. The van der Waals surface area contributed by atoms with Crippen LogP contribution in [0.15, 0.2) is 36.5 Å². The maximum absolute atomic E-state index is 12.0. The van der Waals surface area contributed by atoms with Crippen LogP contribution in [0.25, 0.3) is 0 Å². The minimum atomic E-state index is -4.41. The van der Waals surface area contributed by atoms with Crippen molar-refractivity contribution in [1.82, 2.24) is 5.32 Å². The van der Waals surface area contributed by atoms with Crippen LogP contribution in [0, 0.1) is 0 Å². The minimum Gasteiger partial charge on any atom is -0.463 e. The lowest BCUT2D eigenvalue weighted by Crippen LogP contribution is -2.27. The number of aliphatic hydroxyl groups is 1. The van der Waals surface area contributed by atoms with E-state index in [9.17, 15) is 24.2 Å². The third-order valence-electron chi connectivity index (χ3n) is 7.08. The van der Waals surface area contributed by atoms with Gasteiger partial charge < -0.3 is 20.1 Å². The van der Waals surface area contributed by atoms with Crippen LogP contribution in [0.5, 0.6) is 0 Å². The van der Waals surface area contributed by atoms with Crippen LogP contribution in [0.4, 0.5) is 0 Å². The second-order valence-corrected chi connectivity index (χ2v) is 12.9. The van der Waals surface area contributed by atoms with Crippen molar-refractivity contribution < 1.29 is 37.9 Å². The molecule has 9 nitrogen and oxygen atoms in total. The van der Waals surface area contributed by atoms with Gasteiger partial charge in [0.1, 0.15) is 12.7 Å². The number of aliphatic hydroxyl groups excluding tert-OH is 1. The Kier molecular flexibility index (Phi) is 30.9. The number of phosphoric acid groups is 1. The number of allylic oxidation sites excluding steroid dienone is 6. The molecule has 0 spiro atoms. The minimum absolute atomic E-state index is 0.0802. The van der Waals surface area contributed by atoms with Gasteiger partial charge in [0.2, 0.25) is 5.91 Å². The van der Waals surface area contributed by atoms with E-state index in [1.165, 1.54) is 38.5 Å². The molecule has 0 bridgehead atoms. The number of rotatable bonds is 32. The Labute approximate surface area is 273 Å². The Hall–Kier alpha value is -1.77. The zero-order valence-corrected chi connectivity index (χ0v) is 29.2. The van der Waals surface area contributed by atoms with E-state index in [4.69, 9.17) is 13.8 Å². The molecule has 45 heavy (non-hydrogen) atoms. The lowest BCUT2D eigenvalue weighted by atomic mass is 10.1. The highest BCUT2D eigenvalue weighted by molar-refractivity contribution is 7.47. The molecule has 0 aromatic heterocycles. The maximum atomic E-state index is 12.0. The number of esters is 1. The van der Waals surface area contributed by atoms with Gasteiger partial charge in [-0.1, -0.05) is 121 Å². The molecular formula is C35H64NO8P. The van der Waals surface area contributed by atoms with Gasteiger partial charge in [0, 0.05) is 19.4 Å². The van der Waals surface area contributed by atoms with Crippen LogP contribution >= 0.6 is 7.82 Å². The summed E-state index contributed by atoms with van der Waals surface area (Å²) in [6, 6.07) is 0. The molecule has 2 atom stereocenters. The normalized spacial score (nSPS) is 14.0. The molecule has 262 valence electrons. The number of carbonyl (C=O) groups excluding carboxylic acids is 2. The van der Waals surface area contributed by atoms with Crippen molar-refractivity contribution in [1.29, 1.82) is 0 Å². The van der Waals surface area contributed by atoms with E-state index < -0.39 is 26.5 Å². The summed E-state index contributed by atoms with van der Waals surface area (Å²) >= 11 is 0. The van der Waals surface area contributed by atoms with Gasteiger partial charge in [-0.25, -0.2) is 4.57 Å². The summed E-state index contributed by atoms with van der Waals surface area (Å²) in [5.74, 6) is -0.539. The third kappa shape index (κ3) is 33.4. The van der Waals surface area contributed by atoms with Gasteiger partial charge >= 0.3 is 13.8 Å². The van der Waals surface area contributed by atoms with Crippen molar-refractivity contribution in [3.63, 3.8) is 0 Å². The molecule has 0 heterocycles. The quantitative estimate of drug-likeness (QED) is 0.0284. The summed E-state index contributed by atoms with van der Waals surface area (Å²) in [5, 5.41) is 12.6. The van der Waals surface area contributed by atoms with Crippen LogP contribution in [0.1, 0.15) is 142 Å². The largest absolute Gasteiger partial charge is 0.472 e. The maximum Gasteiger partial charge on any atom is 0.472 e. The van der Waals surface area contributed by atoms with Crippen molar-refractivity contribution in [2.45, 2.75) is 148 Å². The Bertz CT molecular complexity index is 846. The van der Waals surface area contributed by atoms with Crippen LogP contribution in [0.2, 0.25) is 0 Å². The predicted molar refractivity (Wildman–Crippen MR) is 183 cm³/mol. The summed E-state index contributed by atoms with van der Waals surface area (Å²) in [6.07, 6.45) is 32.2. The first kappa shape index (κ1) is 43.2. The van der Waals surface area contributed by atoms with Gasteiger partial charge in [-0.3, -0.25) is 18.6 Å². The van der Waals surface area contributed by atoms with E-state index in [-0.39, 0.29) is 32.1 Å². The molecule has 0 saturated heterocycles. The number of ether oxygens (including phenoxy) is 1. The summed E-state index contributed by atoms with van der Waals surface area (Å²) in [5.41, 5.74) is 0. The number of nitrogens with one attached hydrogen (secondary N) is 1. The molecule has 1 amide bonds. The highest BCUT2D eigenvalue weighted by Gasteiger charge is 2.23. The van der Waals surface area contributed by atoms with Gasteiger partial charge in [0.05, 0.1) is 13.2 Å². The predicted octanol–water partition coefficient (Wildman–Crippen LogP) is 8.65. The van der Waals surface area contributed by atoms with Crippen LogP contribution in [-0.2, 0) is 27.9 Å². The summed E-state index contributed by atoms with van der Waals surface area (Å²) in [7, 11) is -4.41. The second kappa shape index (κ2) is 32.2. The van der Waals surface area contributed by atoms with Gasteiger partial charge in [-0.2, -0.15) is 0 Å². The summed E-state index contributed by atoms with van der Waals surface area (Å²) in [4.78, 5) is 33.6. The molecule has 0 saturated carbocycles.